The number of carbonyl (C=O) groups excluding carboxylic acids is 1. The average molecular weight is 255 g/mol. The topological polar surface area (TPSA) is 86.6 Å². The number of hydrogen-bond acceptors (Lipinski definition) is 3. The highest BCUT2D eigenvalue weighted by molar-refractivity contribution is 5.86. The van der Waals surface area contributed by atoms with Gasteiger partial charge in [-0.05, 0) is 25.2 Å². The Morgan fingerprint density at radius 2 is 2.00 bits per heavy atom. The average Bonchev–Trinajstić information content (AvgIpc) is 2.26. The molecule has 5 nitrogen and oxygen atoms in total. The Morgan fingerprint density at radius 3 is 2.44 bits per heavy atom. The van der Waals surface area contributed by atoms with E-state index in [1.54, 1.807) is 0 Å². The third-order valence-electron chi connectivity index (χ3n) is 2.43. The van der Waals surface area contributed by atoms with Crippen LogP contribution >= 0.6 is 0 Å². The number of aliphatic hydroxyl groups is 1. The third-order valence-corrected chi connectivity index (χ3v) is 2.43. The van der Waals surface area contributed by atoms with Crippen LogP contribution < -0.4 is 5.32 Å². The van der Waals surface area contributed by atoms with E-state index >= 15 is 0 Å². The fourth-order valence-corrected chi connectivity index (χ4v) is 1.49. The molecule has 0 aromatic carbocycles. The lowest BCUT2D eigenvalue weighted by Gasteiger charge is -2.17. The monoisotopic (exact) mass is 255 g/mol. The molecule has 0 saturated heterocycles. The minimum absolute atomic E-state index is 0.162. The van der Waals surface area contributed by atoms with E-state index < -0.39 is 24.0 Å². The van der Waals surface area contributed by atoms with E-state index in [-0.39, 0.29) is 12.3 Å². The van der Waals surface area contributed by atoms with Gasteiger partial charge in [0.2, 0.25) is 5.91 Å². The highest BCUT2D eigenvalue weighted by Gasteiger charge is 2.23. The maximum atomic E-state index is 11.6. The summed E-state index contributed by atoms with van der Waals surface area (Å²) >= 11 is 0. The first-order chi connectivity index (χ1) is 8.38. The summed E-state index contributed by atoms with van der Waals surface area (Å²) in [5.74, 6) is 0.816. The molecule has 0 radical (unpaired) electrons. The van der Waals surface area contributed by atoms with E-state index in [4.69, 9.17) is 11.5 Å². The number of nitrogens with one attached hydrogen (secondary N) is 1. The van der Waals surface area contributed by atoms with E-state index in [1.807, 2.05) is 13.8 Å². The summed E-state index contributed by atoms with van der Waals surface area (Å²) in [7, 11) is 0. The normalized spacial score (nSPS) is 13.7. The van der Waals surface area contributed by atoms with Crippen LogP contribution in [-0.2, 0) is 9.59 Å². The van der Waals surface area contributed by atoms with Crippen LogP contribution in [0.5, 0.6) is 0 Å². The number of carboxylic acid groups (broad SMARTS) is 1. The number of aliphatic carboxylic acids is 1. The molecule has 0 fully saturated rings. The van der Waals surface area contributed by atoms with Gasteiger partial charge in [0.1, 0.15) is 12.1 Å². The van der Waals surface area contributed by atoms with Gasteiger partial charge in [0.05, 0.1) is 0 Å². The molecule has 3 N–H and O–H groups in total. The first-order valence-electron chi connectivity index (χ1n) is 6.03. The van der Waals surface area contributed by atoms with Gasteiger partial charge in [-0.2, -0.15) is 0 Å². The van der Waals surface area contributed by atoms with Crippen molar-refractivity contribution in [3.63, 3.8) is 0 Å². The van der Waals surface area contributed by atoms with Crippen molar-refractivity contribution in [2.24, 2.45) is 5.92 Å². The van der Waals surface area contributed by atoms with Gasteiger partial charge in [0, 0.05) is 6.42 Å². The first-order valence-corrected chi connectivity index (χ1v) is 6.03. The summed E-state index contributed by atoms with van der Waals surface area (Å²) in [4.78, 5) is 22.5. The number of amides is 1. The van der Waals surface area contributed by atoms with Crippen molar-refractivity contribution in [1.29, 1.82) is 0 Å². The number of terminal acetylenes is 1. The number of rotatable bonds is 8. The lowest BCUT2D eigenvalue weighted by atomic mass is 10.0. The lowest BCUT2D eigenvalue weighted by molar-refractivity contribution is -0.143. The second-order valence-electron chi connectivity index (χ2n) is 4.64. The Balaban J connectivity index is 4.27. The van der Waals surface area contributed by atoms with Crippen LogP contribution in [0.2, 0.25) is 0 Å². The minimum atomic E-state index is -1.17. The molecule has 2 atom stereocenters. The van der Waals surface area contributed by atoms with Crippen molar-refractivity contribution >= 4 is 11.9 Å². The Labute approximate surface area is 108 Å². The Morgan fingerprint density at radius 1 is 1.39 bits per heavy atom. The Bertz CT molecular complexity index is 319. The Hall–Kier alpha value is -1.54. The molecule has 0 heterocycles. The third kappa shape index (κ3) is 6.92. The summed E-state index contributed by atoms with van der Waals surface area (Å²) in [5.41, 5.74) is 0. The maximum absolute atomic E-state index is 11.6. The standard InChI is InChI=1S/C13H21NO4/c1-4-5-6-7-10(13(17)18)14-12(16)11(15)8-9(2)3/h1,9-11,15H,5-8H2,2-3H3,(H,14,16)(H,17,18)/t10-,11+/m0/s1. The summed E-state index contributed by atoms with van der Waals surface area (Å²) in [6.07, 6.45) is 5.46. The molecule has 0 unspecified atom stereocenters. The molecule has 18 heavy (non-hydrogen) atoms. The van der Waals surface area contributed by atoms with Crippen LogP contribution in [0.3, 0.4) is 0 Å². The molecule has 0 aliphatic heterocycles. The molecule has 0 aliphatic rings. The zero-order chi connectivity index (χ0) is 14.1. The number of carboxylic acids is 1. The van der Waals surface area contributed by atoms with E-state index in [2.05, 4.69) is 11.2 Å². The molecule has 0 bridgehead atoms. The summed E-state index contributed by atoms with van der Waals surface area (Å²) in [6, 6.07) is -0.993. The van der Waals surface area contributed by atoms with Crippen LogP contribution in [0.25, 0.3) is 0 Å². The molecular formula is C13H21NO4. The second-order valence-corrected chi connectivity index (χ2v) is 4.64. The SMILES string of the molecule is C#CCCC[C@H](NC(=O)[C@H](O)CC(C)C)C(=O)O. The van der Waals surface area contributed by atoms with Gasteiger partial charge in [-0.3, -0.25) is 4.79 Å². The van der Waals surface area contributed by atoms with Crippen LogP contribution in [0, 0.1) is 18.3 Å². The lowest BCUT2D eigenvalue weighted by Crippen LogP contribution is -2.45. The molecule has 1 amide bonds. The molecule has 0 aromatic heterocycles. The first kappa shape index (κ1) is 16.5. The smallest absolute Gasteiger partial charge is 0.326 e. The van der Waals surface area contributed by atoms with Crippen molar-refractivity contribution < 1.29 is 19.8 Å². The van der Waals surface area contributed by atoms with Crippen LogP contribution in [-0.4, -0.2) is 34.2 Å². The van der Waals surface area contributed by atoms with Crippen molar-refractivity contribution in [2.45, 2.75) is 51.7 Å². The molecule has 0 aromatic rings. The number of hydrogen-bond donors (Lipinski definition) is 3. The van der Waals surface area contributed by atoms with Gasteiger partial charge in [-0.15, -0.1) is 12.3 Å². The zero-order valence-corrected chi connectivity index (χ0v) is 10.8. The van der Waals surface area contributed by atoms with Gasteiger partial charge >= 0.3 is 5.97 Å². The van der Waals surface area contributed by atoms with E-state index in [0.717, 1.165) is 0 Å². The van der Waals surface area contributed by atoms with Gasteiger partial charge in [0.25, 0.3) is 0 Å². The van der Waals surface area contributed by atoms with Crippen molar-refractivity contribution in [3.05, 3.63) is 0 Å². The van der Waals surface area contributed by atoms with Crippen molar-refractivity contribution in [2.75, 3.05) is 0 Å². The van der Waals surface area contributed by atoms with E-state index in [1.165, 1.54) is 0 Å². The molecule has 102 valence electrons. The summed E-state index contributed by atoms with van der Waals surface area (Å²) < 4.78 is 0. The molecule has 5 heteroatoms. The predicted octanol–water partition coefficient (Wildman–Crippen LogP) is 0.766. The second kappa shape index (κ2) is 8.54. The number of unbranched alkanes of at least 4 members (excludes halogenated alkanes) is 1. The maximum Gasteiger partial charge on any atom is 0.326 e. The summed E-state index contributed by atoms with van der Waals surface area (Å²) in [5, 5.41) is 20.8. The zero-order valence-electron chi connectivity index (χ0n) is 10.8. The molecule has 0 saturated carbocycles. The largest absolute Gasteiger partial charge is 0.480 e. The highest BCUT2D eigenvalue weighted by Crippen LogP contribution is 2.06. The van der Waals surface area contributed by atoms with Gasteiger partial charge < -0.3 is 15.5 Å². The van der Waals surface area contributed by atoms with E-state index in [0.29, 0.717) is 19.3 Å². The van der Waals surface area contributed by atoms with Gasteiger partial charge in [-0.25, -0.2) is 4.79 Å². The fraction of sp³-hybridized carbons (Fsp3) is 0.692. The van der Waals surface area contributed by atoms with Crippen molar-refractivity contribution in [3.8, 4) is 12.3 Å². The van der Waals surface area contributed by atoms with Gasteiger partial charge in [-0.1, -0.05) is 13.8 Å². The molecule has 0 aliphatic carbocycles. The van der Waals surface area contributed by atoms with Crippen molar-refractivity contribution in [1.82, 2.24) is 5.32 Å². The molecule has 0 rings (SSSR count). The van der Waals surface area contributed by atoms with Crippen LogP contribution in [0.15, 0.2) is 0 Å². The minimum Gasteiger partial charge on any atom is -0.480 e. The molecule has 0 spiro atoms. The quantitative estimate of drug-likeness (QED) is 0.441. The highest BCUT2D eigenvalue weighted by atomic mass is 16.4. The van der Waals surface area contributed by atoms with Crippen LogP contribution in [0.4, 0.5) is 0 Å². The predicted molar refractivity (Wildman–Crippen MR) is 67.7 cm³/mol. The van der Waals surface area contributed by atoms with E-state index in [9.17, 15) is 14.7 Å². The van der Waals surface area contributed by atoms with Gasteiger partial charge in [0.15, 0.2) is 0 Å². The fourth-order valence-electron chi connectivity index (χ4n) is 1.49. The van der Waals surface area contributed by atoms with Crippen LogP contribution in [0.1, 0.15) is 39.5 Å². The number of aliphatic hydroxyl groups excluding tert-OH is 1. The number of carbonyl (C=O) groups is 2. The Kier molecular flexibility index (Phi) is 7.81. The summed E-state index contributed by atoms with van der Waals surface area (Å²) in [6.45, 7) is 3.75. The molecular weight excluding hydrogens is 234 g/mol.